The molecular formula is C13H19F2N3. The van der Waals surface area contributed by atoms with Crippen LogP contribution in [0.25, 0.3) is 0 Å². The number of nitrogens with zero attached hydrogens (tertiary/aromatic N) is 2. The highest BCUT2D eigenvalue weighted by atomic mass is 19.1. The Morgan fingerprint density at radius 3 is 2.50 bits per heavy atom. The van der Waals surface area contributed by atoms with Crippen LogP contribution in [-0.2, 0) is 0 Å². The largest absolute Gasteiger partial charge is 0.395 e. The van der Waals surface area contributed by atoms with Gasteiger partial charge < -0.3 is 10.6 Å². The Balaban J connectivity index is 2.33. The minimum Gasteiger partial charge on any atom is -0.395 e. The van der Waals surface area contributed by atoms with Gasteiger partial charge >= 0.3 is 0 Å². The van der Waals surface area contributed by atoms with Gasteiger partial charge in [0.15, 0.2) is 5.82 Å². The fourth-order valence-corrected chi connectivity index (χ4v) is 2.28. The van der Waals surface area contributed by atoms with Crippen LogP contribution in [-0.4, -0.2) is 37.1 Å². The summed E-state index contributed by atoms with van der Waals surface area (Å²) in [6.07, 6.45) is 0. The summed E-state index contributed by atoms with van der Waals surface area (Å²) in [7, 11) is 2.05. The van der Waals surface area contributed by atoms with Crippen LogP contribution in [0.3, 0.4) is 0 Å². The van der Waals surface area contributed by atoms with E-state index in [0.717, 1.165) is 12.6 Å². The second-order valence-corrected chi connectivity index (χ2v) is 5.48. The van der Waals surface area contributed by atoms with Gasteiger partial charge in [-0.2, -0.15) is 0 Å². The predicted molar refractivity (Wildman–Crippen MR) is 69.7 cm³/mol. The zero-order chi connectivity index (χ0) is 13.5. The van der Waals surface area contributed by atoms with Gasteiger partial charge in [-0.1, -0.05) is 0 Å². The van der Waals surface area contributed by atoms with Crippen LogP contribution in [0.4, 0.5) is 20.2 Å². The van der Waals surface area contributed by atoms with Gasteiger partial charge in [0.25, 0.3) is 0 Å². The molecule has 1 aromatic carbocycles. The summed E-state index contributed by atoms with van der Waals surface area (Å²) in [4.78, 5) is 4.18. The summed E-state index contributed by atoms with van der Waals surface area (Å²) in [5.41, 5.74) is 6.14. The van der Waals surface area contributed by atoms with Crippen molar-refractivity contribution in [1.82, 2.24) is 4.90 Å². The van der Waals surface area contributed by atoms with Crippen molar-refractivity contribution in [2.45, 2.75) is 19.4 Å². The normalized spacial score (nSPS) is 20.2. The molecule has 0 atom stereocenters. The molecule has 0 spiro atoms. The monoisotopic (exact) mass is 255 g/mol. The van der Waals surface area contributed by atoms with Crippen molar-refractivity contribution >= 4 is 11.4 Å². The van der Waals surface area contributed by atoms with Crippen molar-refractivity contribution in [3.63, 3.8) is 0 Å². The first-order valence-electron chi connectivity index (χ1n) is 6.02. The molecule has 1 aliphatic heterocycles. The lowest BCUT2D eigenvalue weighted by atomic mass is 9.99. The molecule has 1 aromatic rings. The summed E-state index contributed by atoms with van der Waals surface area (Å²) in [6.45, 7) is 6.45. The Morgan fingerprint density at radius 2 is 1.89 bits per heavy atom. The Bertz CT molecular complexity index is 460. The molecule has 1 aliphatic rings. The van der Waals surface area contributed by atoms with E-state index in [1.54, 1.807) is 0 Å². The van der Waals surface area contributed by atoms with Gasteiger partial charge in [-0.05, 0) is 27.0 Å². The average molecular weight is 255 g/mol. The molecule has 18 heavy (non-hydrogen) atoms. The van der Waals surface area contributed by atoms with E-state index in [2.05, 4.69) is 18.7 Å². The number of hydrogen-bond donors (Lipinski definition) is 1. The van der Waals surface area contributed by atoms with Crippen molar-refractivity contribution in [3.05, 3.63) is 23.8 Å². The van der Waals surface area contributed by atoms with E-state index in [1.807, 2.05) is 11.9 Å². The zero-order valence-electron chi connectivity index (χ0n) is 11.0. The van der Waals surface area contributed by atoms with Crippen LogP contribution >= 0.6 is 0 Å². The molecule has 0 aromatic heterocycles. The molecule has 0 bridgehead atoms. The quantitative estimate of drug-likeness (QED) is 0.780. The molecule has 0 amide bonds. The van der Waals surface area contributed by atoms with E-state index in [0.29, 0.717) is 18.8 Å². The smallest absolute Gasteiger partial charge is 0.151 e. The van der Waals surface area contributed by atoms with Crippen LogP contribution in [0.2, 0.25) is 0 Å². The number of rotatable bonds is 1. The van der Waals surface area contributed by atoms with Gasteiger partial charge in [-0.25, -0.2) is 8.78 Å². The Morgan fingerprint density at radius 1 is 1.22 bits per heavy atom. The third-order valence-electron chi connectivity index (χ3n) is 3.73. The first-order valence-corrected chi connectivity index (χ1v) is 6.02. The zero-order valence-corrected chi connectivity index (χ0v) is 11.0. The minimum absolute atomic E-state index is 0.0248. The fraction of sp³-hybridized carbons (Fsp3) is 0.538. The van der Waals surface area contributed by atoms with Crippen molar-refractivity contribution in [1.29, 1.82) is 0 Å². The number of benzene rings is 1. The van der Waals surface area contributed by atoms with Gasteiger partial charge in [-0.3, -0.25) is 4.90 Å². The molecule has 0 unspecified atom stereocenters. The molecule has 0 aliphatic carbocycles. The number of likely N-dealkylation sites (N-methyl/N-ethyl adjacent to an activating group) is 1. The number of halogens is 2. The number of hydrogen-bond acceptors (Lipinski definition) is 3. The number of nitrogen functional groups attached to an aromatic ring is 1. The lowest BCUT2D eigenvalue weighted by molar-refractivity contribution is 0.139. The van der Waals surface area contributed by atoms with Crippen LogP contribution < -0.4 is 10.6 Å². The third-order valence-corrected chi connectivity index (χ3v) is 3.73. The summed E-state index contributed by atoms with van der Waals surface area (Å²) in [6, 6.07) is 2.12. The Hall–Kier alpha value is -1.36. The molecule has 0 saturated carbocycles. The Labute approximate surface area is 106 Å². The van der Waals surface area contributed by atoms with Crippen LogP contribution in [0, 0.1) is 11.6 Å². The summed E-state index contributed by atoms with van der Waals surface area (Å²) < 4.78 is 26.8. The predicted octanol–water partition coefficient (Wildman–Crippen LogP) is 2.08. The van der Waals surface area contributed by atoms with Gasteiger partial charge in [0.2, 0.25) is 0 Å². The van der Waals surface area contributed by atoms with E-state index in [9.17, 15) is 8.78 Å². The maximum Gasteiger partial charge on any atom is 0.151 e. The summed E-state index contributed by atoms with van der Waals surface area (Å²) >= 11 is 0. The standard InChI is InChI=1S/C13H19F2N3/c1-13(2)8-18(5-4-17(13)3)11-7-9(14)6-10(15)12(11)16/h6-7H,4-5,8,16H2,1-3H3. The van der Waals surface area contributed by atoms with E-state index >= 15 is 0 Å². The van der Waals surface area contributed by atoms with Crippen molar-refractivity contribution < 1.29 is 8.78 Å². The van der Waals surface area contributed by atoms with E-state index in [4.69, 9.17) is 5.73 Å². The first-order chi connectivity index (χ1) is 8.31. The maximum atomic E-state index is 13.5. The maximum absolute atomic E-state index is 13.5. The highest BCUT2D eigenvalue weighted by Crippen LogP contribution is 2.31. The number of piperazine rings is 1. The first kappa shape index (κ1) is 13.1. The van der Waals surface area contributed by atoms with Gasteiger partial charge in [0, 0.05) is 31.2 Å². The molecule has 0 radical (unpaired) electrons. The van der Waals surface area contributed by atoms with Crippen molar-refractivity contribution in [2.75, 3.05) is 37.3 Å². The highest BCUT2D eigenvalue weighted by Gasteiger charge is 2.32. The highest BCUT2D eigenvalue weighted by molar-refractivity contribution is 5.68. The van der Waals surface area contributed by atoms with Gasteiger partial charge in [-0.15, -0.1) is 0 Å². The summed E-state index contributed by atoms with van der Waals surface area (Å²) in [5, 5.41) is 0. The van der Waals surface area contributed by atoms with Crippen LogP contribution in [0.15, 0.2) is 12.1 Å². The molecule has 1 saturated heterocycles. The molecule has 5 heteroatoms. The second-order valence-electron chi connectivity index (χ2n) is 5.48. The molecule has 3 nitrogen and oxygen atoms in total. The number of nitrogens with two attached hydrogens (primary N) is 1. The van der Waals surface area contributed by atoms with E-state index in [-0.39, 0.29) is 11.2 Å². The molecule has 1 heterocycles. The van der Waals surface area contributed by atoms with E-state index in [1.165, 1.54) is 6.07 Å². The summed E-state index contributed by atoms with van der Waals surface area (Å²) in [5.74, 6) is -1.28. The van der Waals surface area contributed by atoms with Crippen molar-refractivity contribution in [3.8, 4) is 0 Å². The van der Waals surface area contributed by atoms with Gasteiger partial charge in [0.1, 0.15) is 5.82 Å². The SMILES string of the molecule is CN1CCN(c2cc(F)cc(F)c2N)CC1(C)C. The fourth-order valence-electron chi connectivity index (χ4n) is 2.28. The Kier molecular flexibility index (Phi) is 3.19. The molecule has 100 valence electrons. The average Bonchev–Trinajstić information content (AvgIpc) is 2.27. The van der Waals surface area contributed by atoms with Crippen LogP contribution in [0.5, 0.6) is 0 Å². The molecular weight excluding hydrogens is 236 g/mol. The van der Waals surface area contributed by atoms with E-state index < -0.39 is 11.6 Å². The molecule has 2 N–H and O–H groups in total. The lowest BCUT2D eigenvalue weighted by Crippen LogP contribution is -2.57. The topological polar surface area (TPSA) is 32.5 Å². The van der Waals surface area contributed by atoms with Crippen LogP contribution in [0.1, 0.15) is 13.8 Å². The van der Waals surface area contributed by atoms with Gasteiger partial charge in [0.05, 0.1) is 11.4 Å². The minimum atomic E-state index is -0.693. The molecule has 1 fully saturated rings. The second kappa shape index (κ2) is 4.39. The number of anilines is 2. The third kappa shape index (κ3) is 2.27. The molecule has 2 rings (SSSR count). The van der Waals surface area contributed by atoms with Crippen molar-refractivity contribution in [2.24, 2.45) is 0 Å². The lowest BCUT2D eigenvalue weighted by Gasteiger charge is -2.46.